The Hall–Kier alpha value is -1.89. The van der Waals surface area contributed by atoms with Gasteiger partial charge in [-0.25, -0.2) is 4.79 Å². The van der Waals surface area contributed by atoms with Crippen LogP contribution in [0, 0.1) is 23.2 Å². The van der Waals surface area contributed by atoms with Gasteiger partial charge in [-0.2, -0.15) is 5.26 Å². The van der Waals surface area contributed by atoms with E-state index in [4.69, 9.17) is 19.3 Å². The number of hydrogen-bond donors (Lipinski definition) is 1. The lowest BCUT2D eigenvalue weighted by Crippen LogP contribution is -2.70. The van der Waals surface area contributed by atoms with E-state index < -0.39 is 17.7 Å². The first-order chi connectivity index (χ1) is 16.6. The largest absolute Gasteiger partial charge is 0.439 e. The molecule has 0 spiro atoms. The molecule has 2 unspecified atom stereocenters. The number of carbonyl (C=O) groups excluding carboxylic acids is 2. The van der Waals surface area contributed by atoms with Crippen LogP contribution in [0.4, 0.5) is 4.79 Å². The molecule has 35 heavy (non-hydrogen) atoms. The van der Waals surface area contributed by atoms with Gasteiger partial charge in [0.25, 0.3) is 5.91 Å². The number of nitrogens with zero attached hydrogens (tertiary/aromatic N) is 3. The molecule has 5 fully saturated rings. The Morgan fingerprint density at radius 1 is 1.14 bits per heavy atom. The Balaban J connectivity index is 1.47. The number of rotatable bonds is 9. The van der Waals surface area contributed by atoms with Crippen molar-refractivity contribution < 1.29 is 28.9 Å². The number of nitriles is 1. The second-order valence-corrected chi connectivity index (χ2v) is 12.0. The predicted octanol–water partition coefficient (Wildman–Crippen LogP) is 2.85. The molecule has 4 aliphatic carbocycles. The quantitative estimate of drug-likeness (QED) is 0.494. The van der Waals surface area contributed by atoms with Crippen LogP contribution in [0.15, 0.2) is 0 Å². The Morgan fingerprint density at radius 3 is 2.49 bits per heavy atom. The van der Waals surface area contributed by atoms with Crippen molar-refractivity contribution in [2.75, 3.05) is 39.6 Å². The van der Waals surface area contributed by atoms with Crippen LogP contribution < -0.4 is 0 Å². The third kappa shape index (κ3) is 5.45. The molecule has 9 heteroatoms. The van der Waals surface area contributed by atoms with Crippen molar-refractivity contribution >= 4 is 12.0 Å². The van der Waals surface area contributed by atoms with E-state index in [0.717, 1.165) is 38.5 Å². The maximum Gasteiger partial charge on any atom is 0.411 e. The van der Waals surface area contributed by atoms with Gasteiger partial charge in [-0.3, -0.25) is 9.69 Å². The molecular formula is C26H41N3O6. The number of carbonyl (C=O) groups is 2. The van der Waals surface area contributed by atoms with Gasteiger partial charge in [-0.05, 0) is 84.0 Å². The van der Waals surface area contributed by atoms with Crippen LogP contribution in [0.25, 0.3) is 0 Å². The number of aliphatic hydroxyl groups is 1. The molecule has 3 atom stereocenters. The minimum atomic E-state index is -0.486. The average Bonchev–Trinajstić information content (AvgIpc) is 3.24. The molecular weight excluding hydrogens is 450 g/mol. The zero-order chi connectivity index (χ0) is 25.3. The summed E-state index contributed by atoms with van der Waals surface area (Å²) < 4.78 is 17.5. The van der Waals surface area contributed by atoms with E-state index >= 15 is 0 Å². The zero-order valence-electron chi connectivity index (χ0n) is 21.5. The molecule has 4 bridgehead atoms. The van der Waals surface area contributed by atoms with Crippen molar-refractivity contribution in [1.29, 1.82) is 5.26 Å². The third-order valence-electron chi connectivity index (χ3n) is 8.22. The molecule has 196 valence electrons. The molecule has 1 heterocycles. The fourth-order valence-electron chi connectivity index (χ4n) is 7.69. The first kappa shape index (κ1) is 26.2. The van der Waals surface area contributed by atoms with Crippen LogP contribution in [0.1, 0.15) is 72.1 Å². The smallest absolute Gasteiger partial charge is 0.411 e. The molecule has 1 saturated heterocycles. The summed E-state index contributed by atoms with van der Waals surface area (Å²) in [4.78, 5) is 29.7. The normalized spacial score (nSPS) is 33.6. The van der Waals surface area contributed by atoms with Crippen molar-refractivity contribution in [3.63, 3.8) is 0 Å². The van der Waals surface area contributed by atoms with Gasteiger partial charge < -0.3 is 24.2 Å². The summed E-state index contributed by atoms with van der Waals surface area (Å²) in [5, 5.41) is 18.2. The molecule has 0 aromatic carbocycles. The molecule has 9 nitrogen and oxygen atoms in total. The van der Waals surface area contributed by atoms with Gasteiger partial charge in [0.05, 0.1) is 43.6 Å². The molecule has 0 aromatic heterocycles. The van der Waals surface area contributed by atoms with Crippen LogP contribution >= 0.6 is 0 Å². The van der Waals surface area contributed by atoms with Crippen molar-refractivity contribution in [2.45, 2.75) is 94.9 Å². The fraction of sp³-hybridized carbons (Fsp3) is 0.885. The Bertz CT molecular complexity index is 820. The summed E-state index contributed by atoms with van der Waals surface area (Å²) in [6.45, 7) is 7.49. The van der Waals surface area contributed by atoms with E-state index in [1.54, 1.807) is 0 Å². The Labute approximate surface area is 208 Å². The SMILES string of the molecule is CC(C)(C)N(C(=O)OCC(=O)N1CCC[C@H]1C#N)C12CC3CC(CC(OCCOCCO)(C3)C1)C2. The lowest BCUT2D eigenvalue weighted by Gasteiger charge is -2.65. The highest BCUT2D eigenvalue weighted by atomic mass is 16.6. The molecule has 4 saturated carbocycles. The first-order valence-electron chi connectivity index (χ1n) is 13.1. The molecule has 1 N–H and O–H groups in total. The molecule has 1 aliphatic heterocycles. The fourth-order valence-corrected chi connectivity index (χ4v) is 7.69. The maximum atomic E-state index is 13.6. The standard InChI is InChI=1S/C26H41N3O6/c1-24(2,3)29(23(32)34-17-22(31)28-6-4-5-21(28)16-27)25-12-19-11-20(13-25)15-26(14-19,18-25)35-10-9-33-8-7-30/h19-21,30H,4-15,17-18H2,1-3H3/t19?,20?,21-,25?,26?/m0/s1. The summed E-state index contributed by atoms with van der Waals surface area (Å²) >= 11 is 0. The highest BCUT2D eigenvalue weighted by Gasteiger charge is 2.63. The average molecular weight is 492 g/mol. The van der Waals surface area contributed by atoms with Crippen molar-refractivity contribution in [1.82, 2.24) is 9.80 Å². The van der Waals surface area contributed by atoms with E-state index in [0.29, 0.717) is 44.6 Å². The van der Waals surface area contributed by atoms with E-state index in [9.17, 15) is 14.9 Å². The predicted molar refractivity (Wildman–Crippen MR) is 127 cm³/mol. The highest BCUT2D eigenvalue weighted by molar-refractivity contribution is 5.81. The van der Waals surface area contributed by atoms with E-state index in [2.05, 4.69) is 6.07 Å². The maximum absolute atomic E-state index is 13.6. The van der Waals surface area contributed by atoms with Gasteiger partial charge in [0.15, 0.2) is 6.61 Å². The topological polar surface area (TPSA) is 112 Å². The lowest BCUT2D eigenvalue weighted by atomic mass is 9.50. The van der Waals surface area contributed by atoms with Gasteiger partial charge in [0, 0.05) is 12.1 Å². The van der Waals surface area contributed by atoms with Gasteiger partial charge in [-0.1, -0.05) is 0 Å². The minimum absolute atomic E-state index is 0.00150. The second-order valence-electron chi connectivity index (χ2n) is 12.0. The highest BCUT2D eigenvalue weighted by Crippen LogP contribution is 2.61. The first-order valence-corrected chi connectivity index (χ1v) is 13.1. The van der Waals surface area contributed by atoms with Gasteiger partial charge in [0.1, 0.15) is 6.04 Å². The van der Waals surface area contributed by atoms with Gasteiger partial charge in [0.2, 0.25) is 0 Å². The van der Waals surface area contributed by atoms with E-state index in [1.807, 2.05) is 25.7 Å². The molecule has 0 aromatic rings. The molecule has 5 aliphatic rings. The summed E-state index contributed by atoms with van der Waals surface area (Å²) in [6.07, 6.45) is 6.80. The molecule has 0 radical (unpaired) electrons. The number of aliphatic hydroxyl groups excluding tert-OH is 1. The van der Waals surface area contributed by atoms with Crippen LogP contribution in [-0.2, 0) is 19.0 Å². The van der Waals surface area contributed by atoms with Gasteiger partial charge >= 0.3 is 6.09 Å². The van der Waals surface area contributed by atoms with Crippen molar-refractivity contribution in [3.05, 3.63) is 0 Å². The zero-order valence-corrected chi connectivity index (χ0v) is 21.5. The van der Waals surface area contributed by atoms with Gasteiger partial charge in [-0.15, -0.1) is 0 Å². The Kier molecular flexibility index (Phi) is 7.65. The van der Waals surface area contributed by atoms with Crippen molar-refractivity contribution in [2.24, 2.45) is 11.8 Å². The molecule has 2 amide bonds. The number of likely N-dealkylation sites (tertiary alicyclic amines) is 1. The summed E-state index contributed by atoms with van der Waals surface area (Å²) in [5.74, 6) is 0.689. The Morgan fingerprint density at radius 2 is 1.86 bits per heavy atom. The number of amides is 2. The monoisotopic (exact) mass is 491 g/mol. The number of hydrogen-bond acceptors (Lipinski definition) is 7. The van der Waals surface area contributed by atoms with E-state index in [-0.39, 0.29) is 30.3 Å². The minimum Gasteiger partial charge on any atom is -0.439 e. The second kappa shape index (κ2) is 10.2. The van der Waals surface area contributed by atoms with Crippen LogP contribution in [0.2, 0.25) is 0 Å². The molecule has 5 rings (SSSR count). The van der Waals surface area contributed by atoms with Crippen LogP contribution in [0.3, 0.4) is 0 Å². The lowest BCUT2D eigenvalue weighted by molar-refractivity contribution is -0.208. The summed E-state index contributed by atoms with van der Waals surface area (Å²) in [7, 11) is 0. The third-order valence-corrected chi connectivity index (χ3v) is 8.22. The van der Waals surface area contributed by atoms with Crippen LogP contribution in [0.5, 0.6) is 0 Å². The van der Waals surface area contributed by atoms with Crippen molar-refractivity contribution in [3.8, 4) is 6.07 Å². The summed E-state index contributed by atoms with van der Waals surface area (Å²) in [6, 6.07) is 1.74. The van der Waals surface area contributed by atoms with E-state index in [1.165, 1.54) is 11.3 Å². The summed E-state index contributed by atoms with van der Waals surface area (Å²) in [5.41, 5.74) is -1.13. The number of ether oxygens (including phenoxy) is 3. The van der Waals surface area contributed by atoms with Crippen LogP contribution in [-0.4, -0.2) is 89.2 Å².